The molecule has 1 atom stereocenters. The zero-order valence-electron chi connectivity index (χ0n) is 13.0. The predicted molar refractivity (Wildman–Crippen MR) is 88.0 cm³/mol. The summed E-state index contributed by atoms with van der Waals surface area (Å²) in [6, 6.07) is 13.9. The van der Waals surface area contributed by atoms with Gasteiger partial charge in [0.05, 0.1) is 13.2 Å². The van der Waals surface area contributed by atoms with Crippen LogP contribution in [0.15, 0.2) is 54.9 Å². The maximum atomic E-state index is 12.3. The number of pyridine rings is 1. The Kier molecular flexibility index (Phi) is 5.21. The first-order valence-corrected chi connectivity index (χ1v) is 7.91. The van der Waals surface area contributed by atoms with Crippen LogP contribution in [-0.4, -0.2) is 42.2 Å². The smallest absolute Gasteiger partial charge is 0.317 e. The number of nitrogens with one attached hydrogen (secondary N) is 1. The van der Waals surface area contributed by atoms with E-state index in [9.17, 15) is 4.79 Å². The third-order valence-electron chi connectivity index (χ3n) is 3.94. The fourth-order valence-corrected chi connectivity index (χ4v) is 2.67. The van der Waals surface area contributed by atoms with Gasteiger partial charge in [-0.15, -0.1) is 0 Å². The van der Waals surface area contributed by atoms with Gasteiger partial charge in [-0.3, -0.25) is 4.98 Å². The van der Waals surface area contributed by atoms with Crippen molar-refractivity contribution >= 4 is 6.03 Å². The van der Waals surface area contributed by atoms with Crippen LogP contribution in [0.25, 0.3) is 0 Å². The minimum atomic E-state index is -0.0472. The summed E-state index contributed by atoms with van der Waals surface area (Å²) in [5.74, 6) is 0. The first kappa shape index (κ1) is 15.5. The van der Waals surface area contributed by atoms with Gasteiger partial charge >= 0.3 is 6.03 Å². The number of hydrogen-bond donors (Lipinski definition) is 1. The van der Waals surface area contributed by atoms with Crippen LogP contribution in [0.5, 0.6) is 0 Å². The van der Waals surface area contributed by atoms with E-state index in [-0.39, 0.29) is 12.1 Å². The number of rotatable bonds is 4. The molecule has 1 N–H and O–H groups in total. The first-order valence-electron chi connectivity index (χ1n) is 7.91. The molecule has 0 aliphatic carbocycles. The number of aromatic nitrogens is 1. The highest BCUT2D eigenvalue weighted by Crippen LogP contribution is 2.21. The van der Waals surface area contributed by atoms with Gasteiger partial charge in [0.25, 0.3) is 0 Å². The number of ether oxygens (including phenoxy) is 1. The van der Waals surface area contributed by atoms with E-state index in [0.717, 1.165) is 17.5 Å². The predicted octanol–water partition coefficient (Wildman–Crippen LogP) is 2.41. The zero-order chi connectivity index (χ0) is 15.9. The molecule has 2 aromatic rings. The molecule has 0 spiro atoms. The van der Waals surface area contributed by atoms with Crippen LogP contribution in [0.2, 0.25) is 0 Å². The summed E-state index contributed by atoms with van der Waals surface area (Å²) >= 11 is 0. The average molecular weight is 311 g/mol. The van der Waals surface area contributed by atoms with Crippen LogP contribution in [0.1, 0.15) is 17.2 Å². The number of carbonyl (C=O) groups excluding carboxylic acids is 1. The molecule has 2 heterocycles. The second-order valence-electron chi connectivity index (χ2n) is 5.56. The van der Waals surface area contributed by atoms with E-state index in [4.69, 9.17) is 4.74 Å². The topological polar surface area (TPSA) is 54.5 Å². The minimum Gasteiger partial charge on any atom is -0.370 e. The summed E-state index contributed by atoms with van der Waals surface area (Å²) < 4.78 is 5.79. The number of benzene rings is 1. The van der Waals surface area contributed by atoms with Crippen molar-refractivity contribution in [2.75, 3.05) is 26.2 Å². The van der Waals surface area contributed by atoms with Gasteiger partial charge in [0.1, 0.15) is 6.10 Å². The Morgan fingerprint density at radius 2 is 2.13 bits per heavy atom. The summed E-state index contributed by atoms with van der Waals surface area (Å²) in [6.07, 6.45) is 4.31. The average Bonchev–Trinajstić information content (AvgIpc) is 2.63. The lowest BCUT2D eigenvalue weighted by molar-refractivity contribution is -0.0153. The summed E-state index contributed by atoms with van der Waals surface area (Å²) in [7, 11) is 0. The second-order valence-corrected chi connectivity index (χ2v) is 5.56. The van der Waals surface area contributed by atoms with Crippen molar-refractivity contribution in [1.82, 2.24) is 15.2 Å². The molecule has 0 radical (unpaired) electrons. The SMILES string of the molecule is O=C(NCCc1cccnc1)N1CCOC(c2ccccc2)C1. The molecule has 5 heteroatoms. The monoisotopic (exact) mass is 311 g/mol. The largest absolute Gasteiger partial charge is 0.370 e. The Labute approximate surface area is 136 Å². The molecule has 5 nitrogen and oxygen atoms in total. The lowest BCUT2D eigenvalue weighted by atomic mass is 10.1. The molecule has 1 fully saturated rings. The second kappa shape index (κ2) is 7.74. The fraction of sp³-hybridized carbons (Fsp3) is 0.333. The van der Waals surface area contributed by atoms with Crippen molar-refractivity contribution < 1.29 is 9.53 Å². The Morgan fingerprint density at radius 3 is 2.91 bits per heavy atom. The molecule has 0 bridgehead atoms. The van der Waals surface area contributed by atoms with Gasteiger partial charge in [-0.25, -0.2) is 4.79 Å². The summed E-state index contributed by atoms with van der Waals surface area (Å²) in [5, 5.41) is 2.98. The first-order chi connectivity index (χ1) is 11.3. The molecule has 1 aromatic heterocycles. The quantitative estimate of drug-likeness (QED) is 0.943. The number of amides is 2. The number of urea groups is 1. The molecule has 1 aliphatic heterocycles. The van der Waals surface area contributed by atoms with Crippen molar-refractivity contribution in [3.05, 3.63) is 66.0 Å². The third-order valence-corrected chi connectivity index (χ3v) is 3.94. The number of hydrogen-bond acceptors (Lipinski definition) is 3. The maximum Gasteiger partial charge on any atom is 0.317 e. The highest BCUT2D eigenvalue weighted by atomic mass is 16.5. The van der Waals surface area contributed by atoms with Gasteiger partial charge in [-0.05, 0) is 23.6 Å². The van der Waals surface area contributed by atoms with Crippen LogP contribution in [0.3, 0.4) is 0 Å². The van der Waals surface area contributed by atoms with E-state index in [1.807, 2.05) is 53.6 Å². The fourth-order valence-electron chi connectivity index (χ4n) is 2.67. The molecule has 3 rings (SSSR count). The Bertz CT molecular complexity index is 619. The minimum absolute atomic E-state index is 0.0295. The summed E-state index contributed by atoms with van der Waals surface area (Å²) in [5.41, 5.74) is 2.23. The number of morpholine rings is 1. The molecular weight excluding hydrogens is 290 g/mol. The van der Waals surface area contributed by atoms with Crippen molar-refractivity contribution in [2.24, 2.45) is 0 Å². The Morgan fingerprint density at radius 1 is 1.26 bits per heavy atom. The lowest BCUT2D eigenvalue weighted by Gasteiger charge is -2.33. The highest BCUT2D eigenvalue weighted by Gasteiger charge is 2.24. The van der Waals surface area contributed by atoms with Crippen LogP contribution in [0.4, 0.5) is 4.79 Å². The van der Waals surface area contributed by atoms with Gasteiger partial charge in [-0.1, -0.05) is 36.4 Å². The van der Waals surface area contributed by atoms with Gasteiger partial charge in [0.2, 0.25) is 0 Å². The Balaban J connectivity index is 1.49. The van der Waals surface area contributed by atoms with Gasteiger partial charge < -0.3 is 15.0 Å². The van der Waals surface area contributed by atoms with Gasteiger partial charge in [0.15, 0.2) is 0 Å². The third kappa shape index (κ3) is 4.29. The number of carbonyl (C=O) groups is 1. The van der Waals surface area contributed by atoms with Gasteiger partial charge in [-0.2, -0.15) is 0 Å². The molecule has 1 aliphatic rings. The molecule has 120 valence electrons. The Hall–Kier alpha value is -2.40. The van der Waals surface area contributed by atoms with Crippen molar-refractivity contribution in [3.63, 3.8) is 0 Å². The highest BCUT2D eigenvalue weighted by molar-refractivity contribution is 5.74. The normalized spacial score (nSPS) is 17.7. The molecular formula is C18H21N3O2. The van der Waals surface area contributed by atoms with E-state index >= 15 is 0 Å². The standard InChI is InChI=1S/C18H21N3O2/c22-18(20-10-8-15-5-4-9-19-13-15)21-11-12-23-17(14-21)16-6-2-1-3-7-16/h1-7,9,13,17H,8,10-12,14H2,(H,20,22). The number of nitrogens with zero attached hydrogens (tertiary/aromatic N) is 2. The van der Waals surface area contributed by atoms with E-state index in [0.29, 0.717) is 26.2 Å². The molecule has 23 heavy (non-hydrogen) atoms. The van der Waals surface area contributed by atoms with Crippen LogP contribution in [-0.2, 0) is 11.2 Å². The van der Waals surface area contributed by atoms with Crippen LogP contribution >= 0.6 is 0 Å². The van der Waals surface area contributed by atoms with E-state index in [1.165, 1.54) is 0 Å². The van der Waals surface area contributed by atoms with Crippen LogP contribution < -0.4 is 5.32 Å². The molecule has 0 saturated carbocycles. The summed E-state index contributed by atoms with van der Waals surface area (Å²) in [4.78, 5) is 18.2. The maximum absolute atomic E-state index is 12.3. The molecule has 1 saturated heterocycles. The molecule has 1 unspecified atom stereocenters. The van der Waals surface area contributed by atoms with E-state index < -0.39 is 0 Å². The molecule has 1 aromatic carbocycles. The zero-order valence-corrected chi connectivity index (χ0v) is 13.0. The molecule has 2 amide bonds. The van der Waals surface area contributed by atoms with Crippen molar-refractivity contribution in [3.8, 4) is 0 Å². The van der Waals surface area contributed by atoms with E-state index in [1.54, 1.807) is 6.20 Å². The van der Waals surface area contributed by atoms with Crippen molar-refractivity contribution in [2.45, 2.75) is 12.5 Å². The van der Waals surface area contributed by atoms with Gasteiger partial charge in [0, 0.05) is 25.5 Å². The van der Waals surface area contributed by atoms with Crippen LogP contribution in [0, 0.1) is 0 Å². The lowest BCUT2D eigenvalue weighted by Crippen LogP contribution is -2.47. The summed E-state index contributed by atoms with van der Waals surface area (Å²) in [6.45, 7) is 2.39. The van der Waals surface area contributed by atoms with E-state index in [2.05, 4.69) is 10.3 Å². The van der Waals surface area contributed by atoms with Crippen molar-refractivity contribution in [1.29, 1.82) is 0 Å².